The van der Waals surface area contributed by atoms with Gasteiger partial charge in [-0.15, -0.1) is 0 Å². The van der Waals surface area contributed by atoms with Crippen molar-refractivity contribution in [3.8, 4) is 0 Å². The Balaban J connectivity index is 1.83. The first-order valence-electron chi connectivity index (χ1n) is 6.68. The van der Waals surface area contributed by atoms with Gasteiger partial charge in [0.15, 0.2) is 5.69 Å². The van der Waals surface area contributed by atoms with Crippen molar-refractivity contribution in [1.29, 1.82) is 0 Å². The van der Waals surface area contributed by atoms with Crippen LogP contribution in [0.4, 0.5) is 5.82 Å². The van der Waals surface area contributed by atoms with Gasteiger partial charge in [-0.25, -0.2) is 14.8 Å². The molecule has 21 heavy (non-hydrogen) atoms. The molecule has 0 unspecified atom stereocenters. The van der Waals surface area contributed by atoms with Crippen LogP contribution in [0.25, 0.3) is 5.57 Å². The minimum Gasteiger partial charge on any atom is -0.476 e. The molecule has 0 atom stereocenters. The van der Waals surface area contributed by atoms with Gasteiger partial charge in [0, 0.05) is 18.7 Å². The molecule has 0 aliphatic carbocycles. The van der Waals surface area contributed by atoms with E-state index in [-0.39, 0.29) is 5.69 Å². The van der Waals surface area contributed by atoms with E-state index in [0.29, 0.717) is 12.4 Å². The van der Waals surface area contributed by atoms with Crippen molar-refractivity contribution in [3.05, 3.63) is 47.8 Å². The third kappa shape index (κ3) is 2.65. The number of aromatic nitrogens is 2. The van der Waals surface area contributed by atoms with E-state index in [1.807, 2.05) is 12.1 Å². The van der Waals surface area contributed by atoms with E-state index in [1.165, 1.54) is 18.0 Å². The number of anilines is 1. The molecule has 3 heterocycles. The van der Waals surface area contributed by atoms with Crippen molar-refractivity contribution in [3.63, 3.8) is 0 Å². The summed E-state index contributed by atoms with van der Waals surface area (Å²) in [7, 11) is 0. The Bertz CT molecular complexity index is 675. The van der Waals surface area contributed by atoms with Crippen molar-refractivity contribution in [1.82, 2.24) is 9.97 Å². The number of carboxylic acids is 1. The van der Waals surface area contributed by atoms with Gasteiger partial charge in [0.1, 0.15) is 11.6 Å². The molecule has 6 heteroatoms. The second kappa shape index (κ2) is 5.40. The van der Waals surface area contributed by atoms with Crippen LogP contribution in [0.2, 0.25) is 0 Å². The Morgan fingerprint density at radius 1 is 1.38 bits per heavy atom. The first kappa shape index (κ1) is 13.4. The standard InChI is InChI=1S/C15H15N3O3/c1-10-4-5-18(9-11(10)13-3-2-6-21-13)14-8-16-12(7-17-14)15(19)20/h2-3,6-8H,4-5,9H2,1H3,(H,19,20). The summed E-state index contributed by atoms with van der Waals surface area (Å²) in [4.78, 5) is 21.0. The molecule has 0 fully saturated rings. The maximum absolute atomic E-state index is 10.8. The number of aromatic carboxylic acids is 1. The molecule has 0 bridgehead atoms. The molecule has 0 amide bonds. The van der Waals surface area contributed by atoms with Crippen LogP contribution in [0.15, 0.2) is 40.8 Å². The van der Waals surface area contributed by atoms with Gasteiger partial charge in [-0.1, -0.05) is 5.57 Å². The van der Waals surface area contributed by atoms with Gasteiger partial charge in [-0.2, -0.15) is 0 Å². The van der Waals surface area contributed by atoms with Crippen molar-refractivity contribution < 1.29 is 14.3 Å². The van der Waals surface area contributed by atoms with E-state index in [4.69, 9.17) is 9.52 Å². The summed E-state index contributed by atoms with van der Waals surface area (Å²) >= 11 is 0. The van der Waals surface area contributed by atoms with Gasteiger partial charge >= 0.3 is 5.97 Å². The molecule has 0 spiro atoms. The summed E-state index contributed by atoms with van der Waals surface area (Å²) in [5.41, 5.74) is 2.40. The van der Waals surface area contributed by atoms with E-state index in [0.717, 1.165) is 24.3 Å². The van der Waals surface area contributed by atoms with E-state index >= 15 is 0 Å². The average molecular weight is 285 g/mol. The molecule has 108 valence electrons. The van der Waals surface area contributed by atoms with Crippen molar-refractivity contribution in [2.24, 2.45) is 0 Å². The Kier molecular flexibility index (Phi) is 3.43. The maximum atomic E-state index is 10.8. The van der Waals surface area contributed by atoms with E-state index in [2.05, 4.69) is 21.8 Å². The van der Waals surface area contributed by atoms with Crippen molar-refractivity contribution in [2.75, 3.05) is 18.0 Å². The van der Waals surface area contributed by atoms with Crippen LogP contribution in [0.3, 0.4) is 0 Å². The van der Waals surface area contributed by atoms with Gasteiger partial charge in [0.2, 0.25) is 0 Å². The lowest BCUT2D eigenvalue weighted by atomic mass is 9.99. The zero-order valence-electron chi connectivity index (χ0n) is 11.6. The molecule has 0 radical (unpaired) electrons. The quantitative estimate of drug-likeness (QED) is 0.933. The number of hydrogen-bond donors (Lipinski definition) is 1. The van der Waals surface area contributed by atoms with E-state index in [1.54, 1.807) is 6.26 Å². The minimum absolute atomic E-state index is 0.0475. The van der Waals surface area contributed by atoms with Gasteiger partial charge in [-0.05, 0) is 25.5 Å². The molecule has 0 aromatic carbocycles. The lowest BCUT2D eigenvalue weighted by molar-refractivity contribution is 0.0690. The van der Waals surface area contributed by atoms with Gasteiger partial charge in [-0.3, -0.25) is 0 Å². The molecule has 1 aliphatic heterocycles. The first-order valence-corrected chi connectivity index (χ1v) is 6.68. The third-order valence-corrected chi connectivity index (χ3v) is 3.62. The Morgan fingerprint density at radius 2 is 2.24 bits per heavy atom. The molecule has 6 nitrogen and oxygen atoms in total. The van der Waals surface area contributed by atoms with Crippen molar-refractivity contribution in [2.45, 2.75) is 13.3 Å². The van der Waals surface area contributed by atoms with Crippen LogP contribution < -0.4 is 4.90 Å². The van der Waals surface area contributed by atoms with Crippen LogP contribution in [0, 0.1) is 0 Å². The largest absolute Gasteiger partial charge is 0.476 e. The lowest BCUT2D eigenvalue weighted by Crippen LogP contribution is -2.31. The predicted molar refractivity (Wildman–Crippen MR) is 77.1 cm³/mol. The summed E-state index contributed by atoms with van der Waals surface area (Å²) in [6.07, 6.45) is 5.37. The maximum Gasteiger partial charge on any atom is 0.356 e. The Labute approximate surface area is 121 Å². The average Bonchev–Trinajstić information content (AvgIpc) is 3.02. The number of rotatable bonds is 3. The smallest absolute Gasteiger partial charge is 0.356 e. The van der Waals surface area contributed by atoms with Crippen molar-refractivity contribution >= 4 is 17.4 Å². The molecule has 2 aromatic heterocycles. The highest BCUT2D eigenvalue weighted by Crippen LogP contribution is 2.28. The van der Waals surface area contributed by atoms with E-state index < -0.39 is 5.97 Å². The summed E-state index contributed by atoms with van der Waals surface area (Å²) in [6.45, 7) is 3.62. The monoisotopic (exact) mass is 285 g/mol. The Hall–Kier alpha value is -2.63. The number of furan rings is 1. The highest BCUT2D eigenvalue weighted by atomic mass is 16.4. The number of carbonyl (C=O) groups is 1. The van der Waals surface area contributed by atoms with Gasteiger partial charge in [0.25, 0.3) is 0 Å². The molecular weight excluding hydrogens is 270 g/mol. The van der Waals surface area contributed by atoms with Crippen LogP contribution in [0.1, 0.15) is 29.6 Å². The second-order valence-electron chi connectivity index (χ2n) is 4.97. The van der Waals surface area contributed by atoms with Gasteiger partial charge in [0.05, 0.1) is 18.7 Å². The fourth-order valence-corrected chi connectivity index (χ4v) is 2.39. The normalized spacial score (nSPS) is 15.4. The topological polar surface area (TPSA) is 79.5 Å². The fraction of sp³-hybridized carbons (Fsp3) is 0.267. The van der Waals surface area contributed by atoms with Crippen LogP contribution in [-0.2, 0) is 0 Å². The molecule has 0 saturated carbocycles. The first-order chi connectivity index (χ1) is 10.1. The lowest BCUT2D eigenvalue weighted by Gasteiger charge is -2.29. The number of hydrogen-bond acceptors (Lipinski definition) is 5. The summed E-state index contributed by atoms with van der Waals surface area (Å²) in [5.74, 6) is 0.476. The van der Waals surface area contributed by atoms with E-state index in [9.17, 15) is 4.79 Å². The zero-order chi connectivity index (χ0) is 14.8. The van der Waals surface area contributed by atoms with Gasteiger partial charge < -0.3 is 14.4 Å². The second-order valence-corrected chi connectivity index (χ2v) is 4.97. The molecule has 3 rings (SSSR count). The highest BCUT2D eigenvalue weighted by molar-refractivity contribution is 5.85. The fourth-order valence-electron chi connectivity index (χ4n) is 2.39. The predicted octanol–water partition coefficient (Wildman–Crippen LogP) is 2.45. The molecule has 2 aromatic rings. The number of carboxylic acid groups (broad SMARTS) is 1. The highest BCUT2D eigenvalue weighted by Gasteiger charge is 2.21. The number of nitrogens with zero attached hydrogens (tertiary/aromatic N) is 3. The summed E-state index contributed by atoms with van der Waals surface area (Å²) in [6, 6.07) is 3.82. The molecule has 0 saturated heterocycles. The molecular formula is C15H15N3O3. The zero-order valence-corrected chi connectivity index (χ0v) is 11.6. The van der Waals surface area contributed by atoms with Crippen LogP contribution in [0.5, 0.6) is 0 Å². The molecule has 1 N–H and O–H groups in total. The summed E-state index contributed by atoms with van der Waals surface area (Å²) < 4.78 is 5.48. The Morgan fingerprint density at radius 3 is 2.86 bits per heavy atom. The summed E-state index contributed by atoms with van der Waals surface area (Å²) in [5, 5.41) is 8.85. The van der Waals surface area contributed by atoms with Crippen LogP contribution >= 0.6 is 0 Å². The van der Waals surface area contributed by atoms with Crippen LogP contribution in [-0.4, -0.2) is 34.1 Å². The minimum atomic E-state index is -1.07. The molecule has 1 aliphatic rings. The third-order valence-electron chi connectivity index (χ3n) is 3.62. The SMILES string of the molecule is CC1=C(c2ccco2)CN(c2cnc(C(=O)O)cn2)CC1.